The minimum Gasteiger partial charge on any atom is -0.418 e. The summed E-state index contributed by atoms with van der Waals surface area (Å²) in [7, 11) is -1.30. The molecule has 0 fully saturated rings. The molecule has 0 heterocycles. The van der Waals surface area contributed by atoms with E-state index in [1.807, 2.05) is 13.6 Å². The fourth-order valence-electron chi connectivity index (χ4n) is 0.991. The lowest BCUT2D eigenvalue weighted by atomic mass is 10.5. The lowest BCUT2D eigenvalue weighted by molar-refractivity contribution is -0.0987. The molecule has 0 aromatic carbocycles. The van der Waals surface area contributed by atoms with Gasteiger partial charge in [0.1, 0.15) is 13.6 Å². The molecule has 0 unspecified atom stereocenters. The molecule has 0 aromatic rings. The van der Waals surface area contributed by atoms with Crippen molar-refractivity contribution in [2.75, 3.05) is 13.2 Å². The van der Waals surface area contributed by atoms with Crippen molar-refractivity contribution in [2.24, 2.45) is 5.73 Å². The number of rotatable bonds is 5. The van der Waals surface area contributed by atoms with E-state index in [9.17, 15) is 0 Å². The third-order valence-corrected chi connectivity index (χ3v) is 4.15. The maximum Gasteiger partial charge on any atom is 0.186 e. The predicted molar refractivity (Wildman–Crippen MR) is 61.8 cm³/mol. The zero-order valence-electron chi connectivity index (χ0n) is 9.54. The van der Waals surface area contributed by atoms with Gasteiger partial charge in [0.25, 0.3) is 0 Å². The van der Waals surface area contributed by atoms with Crippen LogP contribution in [0.15, 0.2) is 0 Å². The van der Waals surface area contributed by atoms with Crippen molar-refractivity contribution in [3.8, 4) is 0 Å². The van der Waals surface area contributed by atoms with Gasteiger partial charge in [0, 0.05) is 6.61 Å². The van der Waals surface area contributed by atoms with Gasteiger partial charge in [-0.3, -0.25) is 0 Å². The van der Waals surface area contributed by atoms with Crippen molar-refractivity contribution in [3.05, 3.63) is 0 Å². The van der Waals surface area contributed by atoms with Crippen LogP contribution in [0.4, 0.5) is 0 Å². The predicted octanol–water partition coefficient (Wildman–Crippen LogP) is 1.21. The summed E-state index contributed by atoms with van der Waals surface area (Å²) >= 11 is 0. The Kier molecular flexibility index (Phi) is 20.4. The Bertz CT molecular complexity index is 110. The van der Waals surface area contributed by atoms with Crippen molar-refractivity contribution < 1.29 is 14.0 Å². The molecule has 0 saturated heterocycles. The van der Waals surface area contributed by atoms with Gasteiger partial charge in [0.2, 0.25) is 0 Å². The largest absolute Gasteiger partial charge is 0.418 e. The Morgan fingerprint density at radius 3 is 1.93 bits per heavy atom. The molecule has 0 aliphatic rings. The van der Waals surface area contributed by atoms with E-state index in [2.05, 4.69) is 20.0 Å². The second kappa shape index (κ2) is 15.0. The zero-order chi connectivity index (χ0) is 12.0. The Balaban J connectivity index is -0.000000266. The summed E-state index contributed by atoms with van der Waals surface area (Å²) in [5.74, 6) is 0. The maximum atomic E-state index is 8.00. The maximum absolute atomic E-state index is 8.00. The average Bonchev–Trinajstić information content (AvgIpc) is 2.21. The number of hydrogen-bond acceptors (Lipinski definition) is 4. The van der Waals surface area contributed by atoms with Crippen LogP contribution in [0, 0.1) is 0 Å². The molecule has 0 rings (SSSR count). The van der Waals surface area contributed by atoms with Gasteiger partial charge in [0.15, 0.2) is 8.32 Å². The summed E-state index contributed by atoms with van der Waals surface area (Å²) in [6.07, 6.45) is 1.11. The van der Waals surface area contributed by atoms with Gasteiger partial charge < -0.3 is 19.7 Å². The molecule has 86 valence electrons. The van der Waals surface area contributed by atoms with Crippen LogP contribution in [-0.2, 0) is 14.0 Å². The third kappa shape index (κ3) is 17.5. The molecule has 2 N–H and O–H groups in total. The van der Waals surface area contributed by atoms with Gasteiger partial charge in [-0.2, -0.15) is 0 Å². The van der Waals surface area contributed by atoms with E-state index in [0.717, 1.165) is 19.6 Å². The molecule has 0 bridgehead atoms. The topological polar surface area (TPSA) is 69.4 Å². The van der Waals surface area contributed by atoms with E-state index in [1.54, 1.807) is 0 Å². The summed E-state index contributed by atoms with van der Waals surface area (Å²) in [6, 6.07) is 1.19. The molecule has 14 heavy (non-hydrogen) atoms. The van der Waals surface area contributed by atoms with Crippen LogP contribution in [0.5, 0.6) is 0 Å². The molecular formula is C9H23NO3Si. The van der Waals surface area contributed by atoms with Gasteiger partial charge in [-0.05, 0) is 39.0 Å². The highest BCUT2D eigenvalue weighted by Gasteiger charge is 2.19. The standard InChI is InChI=1S/C7H19NOSi.2CH2O/c1-4-9-10(2,3)7-5-6-8;2*1-2/h4-8H2,1-3H3;2*1H2. The van der Waals surface area contributed by atoms with E-state index >= 15 is 0 Å². The summed E-state index contributed by atoms with van der Waals surface area (Å²) in [5, 5.41) is 0. The first-order chi connectivity index (χ1) is 6.62. The Labute approximate surface area is 88.0 Å². The molecule has 0 aromatic heterocycles. The van der Waals surface area contributed by atoms with Crippen LogP contribution >= 0.6 is 0 Å². The monoisotopic (exact) mass is 221 g/mol. The molecule has 0 amide bonds. The minimum atomic E-state index is -1.30. The van der Waals surface area contributed by atoms with Crippen LogP contribution in [0.3, 0.4) is 0 Å². The van der Waals surface area contributed by atoms with Crippen LogP contribution < -0.4 is 5.73 Å². The summed E-state index contributed by atoms with van der Waals surface area (Å²) in [5.41, 5.74) is 5.40. The minimum absolute atomic E-state index is 0.795. The SMILES string of the molecule is C=O.C=O.CCO[Si](C)(C)CCCN. The number of nitrogens with two attached hydrogens (primary N) is 1. The van der Waals surface area contributed by atoms with Crippen LogP contribution in [0.1, 0.15) is 13.3 Å². The number of carbonyl (C=O) groups excluding carboxylic acids is 2. The quantitative estimate of drug-likeness (QED) is 0.708. The van der Waals surface area contributed by atoms with E-state index in [-0.39, 0.29) is 0 Å². The van der Waals surface area contributed by atoms with Crippen molar-refractivity contribution >= 4 is 21.9 Å². The summed E-state index contributed by atoms with van der Waals surface area (Å²) < 4.78 is 5.61. The molecule has 5 heteroatoms. The number of hydrogen-bond donors (Lipinski definition) is 1. The van der Waals surface area contributed by atoms with Gasteiger partial charge in [0.05, 0.1) is 0 Å². The van der Waals surface area contributed by atoms with Crippen LogP contribution in [0.25, 0.3) is 0 Å². The smallest absolute Gasteiger partial charge is 0.186 e. The Hall–Kier alpha value is -0.523. The first-order valence-corrected chi connectivity index (χ1v) is 7.65. The van der Waals surface area contributed by atoms with Gasteiger partial charge in [-0.15, -0.1) is 0 Å². The Morgan fingerprint density at radius 2 is 1.64 bits per heavy atom. The van der Waals surface area contributed by atoms with Crippen molar-refractivity contribution in [1.29, 1.82) is 0 Å². The van der Waals surface area contributed by atoms with Crippen molar-refractivity contribution in [1.82, 2.24) is 0 Å². The van der Waals surface area contributed by atoms with E-state index in [1.165, 1.54) is 6.04 Å². The Morgan fingerprint density at radius 1 is 1.21 bits per heavy atom. The normalized spacial score (nSPS) is 9.14. The highest BCUT2D eigenvalue weighted by atomic mass is 28.4. The van der Waals surface area contributed by atoms with Gasteiger partial charge in [-0.25, -0.2) is 0 Å². The van der Waals surface area contributed by atoms with E-state index in [4.69, 9.17) is 19.7 Å². The molecule has 0 radical (unpaired) electrons. The average molecular weight is 221 g/mol. The first kappa shape index (κ1) is 19.1. The third-order valence-electron chi connectivity index (χ3n) is 1.52. The molecule has 0 aliphatic heterocycles. The van der Waals surface area contributed by atoms with Gasteiger partial charge >= 0.3 is 0 Å². The second-order valence-corrected chi connectivity index (χ2v) is 7.39. The second-order valence-electron chi connectivity index (χ2n) is 3.08. The van der Waals surface area contributed by atoms with Crippen molar-refractivity contribution in [2.45, 2.75) is 32.5 Å². The lowest BCUT2D eigenvalue weighted by Gasteiger charge is -2.21. The summed E-state index contributed by atoms with van der Waals surface area (Å²) in [4.78, 5) is 16.0. The zero-order valence-corrected chi connectivity index (χ0v) is 10.5. The van der Waals surface area contributed by atoms with Crippen LogP contribution in [-0.4, -0.2) is 35.0 Å². The first-order valence-electron chi connectivity index (χ1n) is 4.54. The lowest BCUT2D eigenvalue weighted by Crippen LogP contribution is -2.30. The van der Waals surface area contributed by atoms with E-state index in [0.29, 0.717) is 0 Å². The molecule has 4 nitrogen and oxygen atoms in total. The molecule has 0 atom stereocenters. The highest BCUT2D eigenvalue weighted by Crippen LogP contribution is 2.12. The molecule has 0 aliphatic carbocycles. The molecular weight excluding hydrogens is 198 g/mol. The molecule has 0 saturated carbocycles. The fourth-order valence-corrected chi connectivity index (χ4v) is 2.97. The van der Waals surface area contributed by atoms with Crippen molar-refractivity contribution in [3.63, 3.8) is 0 Å². The van der Waals surface area contributed by atoms with E-state index < -0.39 is 8.32 Å². The molecule has 0 spiro atoms. The summed E-state index contributed by atoms with van der Waals surface area (Å²) in [6.45, 7) is 12.2. The number of carbonyl (C=O) groups is 2. The fraction of sp³-hybridized carbons (Fsp3) is 0.778. The highest BCUT2D eigenvalue weighted by molar-refractivity contribution is 6.71. The van der Waals surface area contributed by atoms with Gasteiger partial charge in [-0.1, -0.05) is 0 Å². The van der Waals surface area contributed by atoms with Crippen LogP contribution in [0.2, 0.25) is 19.1 Å².